The van der Waals surface area contributed by atoms with E-state index in [2.05, 4.69) is 44.3 Å². The third-order valence-electron chi connectivity index (χ3n) is 4.06. The lowest BCUT2D eigenvalue weighted by atomic mass is 10.0. The molecule has 2 rings (SSSR count). The molecule has 134 valence electrons. The second kappa shape index (κ2) is 9.52. The highest BCUT2D eigenvalue weighted by Gasteiger charge is 2.30. The Hall–Kier alpha value is -1.94. The van der Waals surface area contributed by atoms with Crippen LogP contribution in [-0.4, -0.2) is 22.5 Å². The molecule has 0 atom stereocenters. The first-order chi connectivity index (χ1) is 12.0. The van der Waals surface area contributed by atoms with Gasteiger partial charge in [0.05, 0.1) is 0 Å². The molecule has 0 aromatic heterocycles. The maximum absolute atomic E-state index is 12.6. The Balaban J connectivity index is 2.23. The second-order valence-electron chi connectivity index (χ2n) is 6.88. The average Bonchev–Trinajstić information content (AvgIpc) is 2.83. The Labute approximate surface area is 156 Å². The van der Waals surface area contributed by atoms with Crippen LogP contribution in [0.25, 0.3) is 6.08 Å². The van der Waals surface area contributed by atoms with E-state index in [0.29, 0.717) is 23.3 Å². The number of carbonyl (C=O) groups is 1. The number of hydrogen-bond donors (Lipinski definition) is 1. The molecule has 1 amide bonds. The normalized spacial score (nSPS) is 16.9. The Kier molecular flexibility index (Phi) is 7.38. The predicted molar refractivity (Wildman–Crippen MR) is 109 cm³/mol. The molecule has 25 heavy (non-hydrogen) atoms. The van der Waals surface area contributed by atoms with Crippen molar-refractivity contribution < 1.29 is 4.79 Å². The Bertz CT molecular complexity index is 662. The third-order valence-corrected chi connectivity index (χ3v) is 4.38. The summed E-state index contributed by atoms with van der Waals surface area (Å²) in [5.74, 6) is 0.361. The van der Waals surface area contributed by atoms with Gasteiger partial charge in [-0.2, -0.15) is 0 Å². The van der Waals surface area contributed by atoms with E-state index in [0.717, 1.165) is 24.0 Å². The van der Waals surface area contributed by atoms with Gasteiger partial charge in [-0.3, -0.25) is 9.69 Å². The van der Waals surface area contributed by atoms with Gasteiger partial charge in [0.1, 0.15) is 5.70 Å². The van der Waals surface area contributed by atoms with Crippen molar-refractivity contribution in [2.75, 3.05) is 6.54 Å². The highest BCUT2D eigenvalue weighted by atomic mass is 32.1. The smallest absolute Gasteiger partial charge is 0.276 e. The van der Waals surface area contributed by atoms with Gasteiger partial charge in [0.25, 0.3) is 5.91 Å². The van der Waals surface area contributed by atoms with Gasteiger partial charge in [0.2, 0.25) is 0 Å². The van der Waals surface area contributed by atoms with Gasteiger partial charge in [-0.05, 0) is 48.2 Å². The second-order valence-corrected chi connectivity index (χ2v) is 7.27. The van der Waals surface area contributed by atoms with Crippen LogP contribution in [-0.2, 0) is 4.79 Å². The topological polar surface area (TPSA) is 32.3 Å². The number of rotatable bonds is 8. The van der Waals surface area contributed by atoms with Gasteiger partial charge in [-0.25, -0.2) is 0 Å². The molecule has 1 fully saturated rings. The van der Waals surface area contributed by atoms with E-state index in [9.17, 15) is 4.79 Å². The van der Waals surface area contributed by atoms with E-state index in [-0.39, 0.29) is 5.91 Å². The van der Waals surface area contributed by atoms with Gasteiger partial charge in [0, 0.05) is 6.54 Å². The van der Waals surface area contributed by atoms with Crippen LogP contribution in [0.1, 0.15) is 52.0 Å². The summed E-state index contributed by atoms with van der Waals surface area (Å²) in [5.41, 5.74) is 2.90. The van der Waals surface area contributed by atoms with Gasteiger partial charge < -0.3 is 5.32 Å². The van der Waals surface area contributed by atoms with Crippen LogP contribution < -0.4 is 5.32 Å². The maximum Gasteiger partial charge on any atom is 0.276 e. The molecule has 0 unspecified atom stereocenters. The van der Waals surface area contributed by atoms with Gasteiger partial charge in [-0.15, -0.1) is 0 Å². The summed E-state index contributed by atoms with van der Waals surface area (Å²) in [5, 5.41) is 3.61. The highest BCUT2D eigenvalue weighted by molar-refractivity contribution is 7.80. The standard InChI is InChI=1S/C21H28N2OS/c1-4-5-7-12-18(13-17-10-8-6-9-11-17)14-19-20(24)23(15-16(2)3)21(25)22-19/h6,8-11,13-14,16H,4-5,7,12,15H2,1-3H3,(H,22,25)/b18-13-,19-14+. The summed E-state index contributed by atoms with van der Waals surface area (Å²) in [4.78, 5) is 14.3. The number of carbonyl (C=O) groups excluding carboxylic acids is 1. The van der Waals surface area contributed by atoms with E-state index < -0.39 is 0 Å². The van der Waals surface area contributed by atoms with E-state index in [1.54, 1.807) is 4.90 Å². The van der Waals surface area contributed by atoms with Crippen molar-refractivity contribution in [2.45, 2.75) is 46.5 Å². The van der Waals surface area contributed by atoms with Gasteiger partial charge >= 0.3 is 0 Å². The molecule has 1 N–H and O–H groups in total. The summed E-state index contributed by atoms with van der Waals surface area (Å²) < 4.78 is 0. The summed E-state index contributed by atoms with van der Waals surface area (Å²) >= 11 is 5.34. The Morgan fingerprint density at radius 3 is 2.60 bits per heavy atom. The first-order valence-corrected chi connectivity index (χ1v) is 9.52. The number of benzene rings is 1. The number of thiocarbonyl (C=S) groups is 1. The van der Waals surface area contributed by atoms with E-state index in [1.807, 2.05) is 24.3 Å². The van der Waals surface area contributed by atoms with Crippen molar-refractivity contribution in [2.24, 2.45) is 5.92 Å². The zero-order chi connectivity index (χ0) is 18.2. The van der Waals surface area contributed by atoms with Crippen LogP contribution in [0.5, 0.6) is 0 Å². The molecule has 1 aromatic rings. The van der Waals surface area contributed by atoms with Crippen molar-refractivity contribution in [3.8, 4) is 0 Å². The van der Waals surface area contributed by atoms with Crippen molar-refractivity contribution in [1.82, 2.24) is 10.2 Å². The minimum atomic E-state index is -0.0202. The molecule has 1 aliphatic heterocycles. The number of allylic oxidation sites excluding steroid dienone is 2. The van der Waals surface area contributed by atoms with Crippen LogP contribution >= 0.6 is 12.2 Å². The number of amides is 1. The van der Waals surface area contributed by atoms with E-state index in [4.69, 9.17) is 12.2 Å². The van der Waals surface area contributed by atoms with Crippen LogP contribution in [0.4, 0.5) is 0 Å². The van der Waals surface area contributed by atoms with Crippen LogP contribution in [0, 0.1) is 5.92 Å². The lowest BCUT2D eigenvalue weighted by Crippen LogP contribution is -2.33. The molecule has 0 radical (unpaired) electrons. The molecular weight excluding hydrogens is 328 g/mol. The molecule has 1 aliphatic rings. The highest BCUT2D eigenvalue weighted by Crippen LogP contribution is 2.20. The SMILES string of the molecule is CCCCCC(=C/c1ccccc1)/C=C1/NC(=S)N(CC(C)C)C1=O. The Morgan fingerprint density at radius 1 is 1.24 bits per heavy atom. The maximum atomic E-state index is 12.6. The quantitative estimate of drug-likeness (QED) is 0.408. The predicted octanol–water partition coefficient (Wildman–Crippen LogP) is 4.91. The summed E-state index contributed by atoms with van der Waals surface area (Å²) in [6.07, 6.45) is 8.57. The van der Waals surface area contributed by atoms with Crippen molar-refractivity contribution in [3.63, 3.8) is 0 Å². The first-order valence-electron chi connectivity index (χ1n) is 9.11. The van der Waals surface area contributed by atoms with Crippen LogP contribution in [0.3, 0.4) is 0 Å². The minimum absolute atomic E-state index is 0.0202. The third kappa shape index (κ3) is 5.82. The molecule has 1 aromatic carbocycles. The fourth-order valence-electron chi connectivity index (χ4n) is 2.82. The number of unbranched alkanes of at least 4 members (excludes halogenated alkanes) is 2. The summed E-state index contributed by atoms with van der Waals surface area (Å²) in [6, 6.07) is 10.2. The largest absolute Gasteiger partial charge is 0.328 e. The zero-order valence-electron chi connectivity index (χ0n) is 15.4. The molecule has 3 nitrogen and oxygen atoms in total. The molecule has 0 saturated carbocycles. The van der Waals surface area contributed by atoms with Gasteiger partial charge in [-0.1, -0.05) is 70.0 Å². The molecule has 1 heterocycles. The van der Waals surface area contributed by atoms with Crippen LogP contribution in [0.15, 0.2) is 47.7 Å². The first kappa shape index (κ1) is 19.4. The van der Waals surface area contributed by atoms with E-state index >= 15 is 0 Å². The zero-order valence-corrected chi connectivity index (χ0v) is 16.2. The summed E-state index contributed by atoms with van der Waals surface area (Å²) in [6.45, 7) is 7.02. The molecule has 4 heteroatoms. The minimum Gasteiger partial charge on any atom is -0.328 e. The fraction of sp³-hybridized carbons (Fsp3) is 0.429. The summed E-state index contributed by atoms with van der Waals surface area (Å²) in [7, 11) is 0. The average molecular weight is 357 g/mol. The van der Waals surface area contributed by atoms with Gasteiger partial charge in [0.15, 0.2) is 5.11 Å². The molecular formula is C21H28N2OS. The fourth-order valence-corrected chi connectivity index (χ4v) is 3.08. The van der Waals surface area contributed by atoms with Crippen molar-refractivity contribution in [1.29, 1.82) is 0 Å². The molecule has 1 saturated heterocycles. The lowest BCUT2D eigenvalue weighted by molar-refractivity contribution is -0.122. The number of hydrogen-bond acceptors (Lipinski definition) is 2. The van der Waals surface area contributed by atoms with E-state index in [1.165, 1.54) is 12.8 Å². The molecule has 0 aliphatic carbocycles. The lowest BCUT2D eigenvalue weighted by Gasteiger charge is -2.16. The van der Waals surface area contributed by atoms with Crippen molar-refractivity contribution >= 4 is 29.3 Å². The number of nitrogens with zero attached hydrogens (tertiary/aromatic N) is 1. The van der Waals surface area contributed by atoms with Crippen LogP contribution in [0.2, 0.25) is 0 Å². The monoisotopic (exact) mass is 356 g/mol. The van der Waals surface area contributed by atoms with Crippen molar-refractivity contribution in [3.05, 3.63) is 53.2 Å². The number of nitrogens with one attached hydrogen (secondary N) is 1. The Morgan fingerprint density at radius 2 is 1.96 bits per heavy atom. The molecule has 0 bridgehead atoms. The molecule has 0 spiro atoms.